The first-order chi connectivity index (χ1) is 14.7. The highest BCUT2D eigenvalue weighted by molar-refractivity contribution is 7.89. The maximum absolute atomic E-state index is 12.8. The molecule has 0 bridgehead atoms. The predicted octanol–water partition coefficient (Wildman–Crippen LogP) is 2.77. The van der Waals surface area contributed by atoms with Gasteiger partial charge >= 0.3 is 0 Å². The van der Waals surface area contributed by atoms with E-state index in [2.05, 4.69) is 15.4 Å². The molecule has 3 aromatic rings. The second-order valence-corrected chi connectivity index (χ2v) is 9.29. The van der Waals surface area contributed by atoms with Crippen molar-refractivity contribution in [2.75, 3.05) is 5.88 Å². The van der Waals surface area contributed by atoms with E-state index in [9.17, 15) is 18.0 Å². The van der Waals surface area contributed by atoms with Crippen molar-refractivity contribution in [2.45, 2.75) is 37.6 Å². The number of hydrogen-bond acceptors (Lipinski definition) is 5. The van der Waals surface area contributed by atoms with E-state index in [1.165, 1.54) is 16.8 Å². The summed E-state index contributed by atoms with van der Waals surface area (Å²) in [5.41, 5.74) is 2.78. The van der Waals surface area contributed by atoms with Crippen molar-refractivity contribution < 1.29 is 13.2 Å². The van der Waals surface area contributed by atoms with Gasteiger partial charge in [-0.25, -0.2) is 13.1 Å². The quantitative estimate of drug-likeness (QED) is 0.395. The van der Waals surface area contributed by atoms with Gasteiger partial charge in [0, 0.05) is 11.3 Å². The molecule has 1 amide bonds. The molecule has 0 radical (unpaired) electrons. The Hall–Kier alpha value is -2.75. The Bertz CT molecular complexity index is 1250. The van der Waals surface area contributed by atoms with Crippen LogP contribution in [0, 0.1) is 0 Å². The summed E-state index contributed by atoms with van der Waals surface area (Å²) in [5.74, 6) is -0.242. The highest BCUT2D eigenvalue weighted by atomic mass is 35.5. The Labute approximate surface area is 185 Å². The molecule has 0 saturated heterocycles. The van der Waals surface area contributed by atoms with Crippen molar-refractivity contribution in [3.63, 3.8) is 0 Å². The lowest BCUT2D eigenvalue weighted by Gasteiger charge is -2.14. The van der Waals surface area contributed by atoms with Gasteiger partial charge in [0.1, 0.15) is 0 Å². The van der Waals surface area contributed by atoms with Crippen molar-refractivity contribution in [3.05, 3.63) is 70.1 Å². The third kappa shape index (κ3) is 5.12. The molecule has 0 spiro atoms. The summed E-state index contributed by atoms with van der Waals surface area (Å²) in [6.07, 6.45) is 1.54. The predicted molar refractivity (Wildman–Crippen MR) is 120 cm³/mol. The van der Waals surface area contributed by atoms with Crippen LogP contribution in [0.2, 0.25) is 0 Å². The minimum atomic E-state index is -3.99. The zero-order valence-corrected chi connectivity index (χ0v) is 18.7. The number of hydrogen-bond donors (Lipinski definition) is 2. The molecule has 0 aliphatic carbocycles. The molecule has 2 aromatic carbocycles. The number of carbonyl (C=O) groups is 1. The summed E-state index contributed by atoms with van der Waals surface area (Å²) in [7, 11) is -3.99. The summed E-state index contributed by atoms with van der Waals surface area (Å²) >= 11 is 5.68. The number of aryl methyl sites for hydroxylation is 1. The largest absolute Gasteiger partial charge is 0.287 e. The van der Waals surface area contributed by atoms with Gasteiger partial charge in [-0.1, -0.05) is 30.3 Å². The van der Waals surface area contributed by atoms with Gasteiger partial charge in [-0.2, -0.15) is 5.10 Å². The van der Waals surface area contributed by atoms with Gasteiger partial charge in [0.2, 0.25) is 0 Å². The van der Waals surface area contributed by atoms with Crippen LogP contribution in [0.4, 0.5) is 0 Å². The van der Waals surface area contributed by atoms with Crippen LogP contribution < -0.4 is 15.8 Å². The Morgan fingerprint density at radius 3 is 2.35 bits per heavy atom. The van der Waals surface area contributed by atoms with Gasteiger partial charge in [0.05, 0.1) is 16.3 Å². The van der Waals surface area contributed by atoms with E-state index in [1.807, 2.05) is 0 Å². The number of alkyl halides is 1. The smallest absolute Gasteiger partial charge is 0.272 e. The summed E-state index contributed by atoms with van der Waals surface area (Å²) in [6.45, 7) is 3.54. The van der Waals surface area contributed by atoms with Crippen LogP contribution in [0.5, 0.6) is 0 Å². The van der Waals surface area contributed by atoms with Gasteiger partial charge in [-0.3, -0.25) is 15.0 Å². The average Bonchev–Trinajstić information content (AvgIpc) is 2.76. The summed E-state index contributed by atoms with van der Waals surface area (Å²) in [4.78, 5) is 27.5. The molecular formula is C21H23ClN4O4S. The molecule has 164 valence electrons. The van der Waals surface area contributed by atoms with Crippen molar-refractivity contribution >= 4 is 38.3 Å². The zero-order valence-electron chi connectivity index (χ0n) is 17.1. The average molecular weight is 463 g/mol. The van der Waals surface area contributed by atoms with Crippen molar-refractivity contribution in [3.8, 4) is 0 Å². The van der Waals surface area contributed by atoms with Gasteiger partial charge in [-0.05, 0) is 50.5 Å². The van der Waals surface area contributed by atoms with Crippen molar-refractivity contribution in [1.82, 2.24) is 20.0 Å². The number of hydrazine groups is 1. The number of rotatable bonds is 8. The fraction of sp³-hybridized carbons (Fsp3) is 0.286. The van der Waals surface area contributed by atoms with E-state index in [0.29, 0.717) is 16.7 Å². The molecule has 10 heteroatoms. The molecule has 0 fully saturated rings. The number of aromatic nitrogens is 2. The molecule has 0 aliphatic heterocycles. The molecule has 31 heavy (non-hydrogen) atoms. The molecule has 2 N–H and O–H groups in total. The molecule has 8 nitrogen and oxygen atoms in total. The molecule has 0 atom stereocenters. The van der Waals surface area contributed by atoms with Crippen LogP contribution in [0.25, 0.3) is 10.8 Å². The topological polar surface area (TPSA) is 110 Å². The Kier molecular flexibility index (Phi) is 7.09. The SMILES string of the molecule is CC(C)n1nc(C(=O)NNS(=O)(=O)c2ccc(CCCCl)cc2)c2ccccc2c1=O. The Morgan fingerprint density at radius 1 is 1.10 bits per heavy atom. The number of amides is 1. The van der Waals surface area contributed by atoms with Gasteiger partial charge in [0.15, 0.2) is 5.69 Å². The standard InChI is InChI=1S/C21H23ClN4O4S/c1-14(2)26-21(28)18-8-4-3-7-17(18)19(24-26)20(27)23-25-31(29,30)16-11-9-15(10-12-16)6-5-13-22/h3-4,7-12,14,25H,5-6,13H2,1-2H3,(H,23,27). The van der Waals surface area contributed by atoms with E-state index in [4.69, 9.17) is 11.6 Å². The van der Waals surface area contributed by atoms with Gasteiger partial charge in [0.25, 0.3) is 21.5 Å². The minimum absolute atomic E-state index is 0.00684. The molecule has 1 aromatic heterocycles. The molecule has 0 saturated carbocycles. The Balaban J connectivity index is 1.84. The number of nitrogens with zero attached hydrogens (tertiary/aromatic N) is 2. The van der Waals surface area contributed by atoms with Crippen LogP contribution in [0.3, 0.4) is 0 Å². The molecule has 0 unspecified atom stereocenters. The zero-order chi connectivity index (χ0) is 22.6. The normalized spacial score (nSPS) is 11.7. The first kappa shape index (κ1) is 22.9. The van der Waals surface area contributed by atoms with E-state index in [1.54, 1.807) is 50.2 Å². The fourth-order valence-corrected chi connectivity index (χ4v) is 4.04. The maximum atomic E-state index is 12.8. The van der Waals surface area contributed by atoms with Crippen LogP contribution in [-0.2, 0) is 16.4 Å². The third-order valence-corrected chi connectivity index (χ3v) is 6.20. The number of fused-ring (bicyclic) bond motifs is 1. The first-order valence-corrected chi connectivity index (χ1v) is 11.7. The maximum Gasteiger partial charge on any atom is 0.287 e. The lowest BCUT2D eigenvalue weighted by atomic mass is 10.1. The van der Waals surface area contributed by atoms with Crippen LogP contribution in [0.1, 0.15) is 42.4 Å². The fourth-order valence-electron chi connectivity index (χ4n) is 3.06. The number of nitrogens with one attached hydrogen (secondary N) is 2. The third-order valence-electron chi connectivity index (χ3n) is 4.66. The van der Waals surface area contributed by atoms with Crippen LogP contribution in [-0.4, -0.2) is 30.0 Å². The summed E-state index contributed by atoms with van der Waals surface area (Å²) in [5, 5.41) is 4.82. The van der Waals surface area contributed by atoms with Crippen LogP contribution >= 0.6 is 11.6 Å². The molecule has 3 rings (SSSR count). The lowest BCUT2D eigenvalue weighted by molar-refractivity contribution is 0.0939. The monoisotopic (exact) mass is 462 g/mol. The highest BCUT2D eigenvalue weighted by Gasteiger charge is 2.20. The molecule has 0 aliphatic rings. The second kappa shape index (κ2) is 9.59. The van der Waals surface area contributed by atoms with E-state index < -0.39 is 15.9 Å². The summed E-state index contributed by atoms with van der Waals surface area (Å²) < 4.78 is 26.3. The first-order valence-electron chi connectivity index (χ1n) is 9.73. The van der Waals surface area contributed by atoms with E-state index in [0.717, 1.165) is 18.4 Å². The van der Waals surface area contributed by atoms with Crippen LogP contribution in [0.15, 0.2) is 58.2 Å². The second-order valence-electron chi connectivity index (χ2n) is 7.23. The van der Waals surface area contributed by atoms with E-state index >= 15 is 0 Å². The lowest BCUT2D eigenvalue weighted by Crippen LogP contribution is -2.42. The van der Waals surface area contributed by atoms with Crippen molar-refractivity contribution in [2.24, 2.45) is 0 Å². The number of carbonyl (C=O) groups excluding carboxylic acids is 1. The van der Waals surface area contributed by atoms with Crippen molar-refractivity contribution in [1.29, 1.82) is 0 Å². The minimum Gasteiger partial charge on any atom is -0.272 e. The van der Waals surface area contributed by atoms with Gasteiger partial charge < -0.3 is 0 Å². The van der Waals surface area contributed by atoms with E-state index in [-0.39, 0.29) is 22.2 Å². The molecular weight excluding hydrogens is 440 g/mol. The number of halogens is 1. The summed E-state index contributed by atoms with van der Waals surface area (Å²) in [6, 6.07) is 12.6. The Morgan fingerprint density at radius 2 is 1.74 bits per heavy atom. The highest BCUT2D eigenvalue weighted by Crippen LogP contribution is 2.15. The number of sulfonamides is 1. The van der Waals surface area contributed by atoms with Gasteiger partial charge in [-0.15, -0.1) is 16.4 Å². The molecule has 1 heterocycles. The number of benzene rings is 2.